The fourth-order valence-electron chi connectivity index (χ4n) is 2.38. The average Bonchev–Trinajstić information content (AvgIpc) is 2.82. The first-order valence-electron chi connectivity index (χ1n) is 7.09. The fourth-order valence-corrected chi connectivity index (χ4v) is 2.64. The van der Waals surface area contributed by atoms with Crippen molar-refractivity contribution < 1.29 is 19.1 Å². The molecule has 0 spiro atoms. The number of halogens is 1. The van der Waals surface area contributed by atoms with Crippen LogP contribution in [0.2, 0.25) is 0 Å². The van der Waals surface area contributed by atoms with Gasteiger partial charge in [0.2, 0.25) is 5.78 Å². The summed E-state index contributed by atoms with van der Waals surface area (Å²) in [4.78, 5) is 27.4. The van der Waals surface area contributed by atoms with Gasteiger partial charge in [-0.15, -0.1) is 0 Å². The van der Waals surface area contributed by atoms with Crippen LogP contribution in [0.1, 0.15) is 39.0 Å². The third-order valence-corrected chi connectivity index (χ3v) is 4.10. The van der Waals surface area contributed by atoms with Crippen molar-refractivity contribution >= 4 is 27.7 Å². The number of benzene rings is 1. The van der Waals surface area contributed by atoms with Crippen LogP contribution in [0.4, 0.5) is 0 Å². The summed E-state index contributed by atoms with van der Waals surface area (Å²) in [6.07, 6.45) is -0.682. The third kappa shape index (κ3) is 3.64. The van der Waals surface area contributed by atoms with Crippen LogP contribution in [0, 0.1) is 13.8 Å². The number of ketones is 1. The van der Waals surface area contributed by atoms with Crippen molar-refractivity contribution in [3.8, 4) is 5.75 Å². The van der Waals surface area contributed by atoms with Gasteiger partial charge in [0.1, 0.15) is 5.75 Å². The van der Waals surface area contributed by atoms with E-state index in [4.69, 9.17) is 9.47 Å². The first kappa shape index (κ1) is 17.3. The number of hydrogen-bond acceptors (Lipinski definition) is 4. The first-order valence-corrected chi connectivity index (χ1v) is 7.88. The number of aromatic nitrogens is 1. The molecule has 1 aromatic heterocycles. The number of esters is 1. The molecular weight excluding hydrogens is 362 g/mol. The van der Waals surface area contributed by atoms with Gasteiger partial charge in [0.05, 0.1) is 18.4 Å². The van der Waals surface area contributed by atoms with E-state index in [1.807, 2.05) is 12.1 Å². The highest BCUT2D eigenvalue weighted by molar-refractivity contribution is 9.10. The van der Waals surface area contributed by atoms with E-state index >= 15 is 0 Å². The SMILES string of the molecule is COC(=O)c1c(C)[nH]c(C(=O)[C@H](C)Oc2ccc(Br)cc2)c1C. The molecule has 0 aliphatic rings. The molecule has 0 saturated heterocycles. The number of aromatic amines is 1. The summed E-state index contributed by atoms with van der Waals surface area (Å²) >= 11 is 3.35. The van der Waals surface area contributed by atoms with E-state index in [0.717, 1.165) is 4.47 Å². The summed E-state index contributed by atoms with van der Waals surface area (Å²) in [6, 6.07) is 7.24. The Morgan fingerprint density at radius 1 is 1.17 bits per heavy atom. The largest absolute Gasteiger partial charge is 0.483 e. The standard InChI is InChI=1S/C17H18BrNO4/c1-9-14(17(21)22-4)10(2)19-15(9)16(20)11(3)23-13-7-5-12(18)6-8-13/h5-8,11,19H,1-4H3/t11-/m0/s1. The van der Waals surface area contributed by atoms with Crippen LogP contribution in [0.5, 0.6) is 5.75 Å². The van der Waals surface area contributed by atoms with Gasteiger partial charge in [-0.25, -0.2) is 4.79 Å². The monoisotopic (exact) mass is 379 g/mol. The van der Waals surface area contributed by atoms with Crippen molar-refractivity contribution in [3.05, 3.63) is 51.3 Å². The molecule has 1 aromatic carbocycles. The first-order chi connectivity index (χ1) is 10.8. The fraction of sp³-hybridized carbons (Fsp3) is 0.294. The maximum Gasteiger partial charge on any atom is 0.339 e. The molecule has 1 atom stereocenters. The number of ether oxygens (including phenoxy) is 2. The molecule has 0 bridgehead atoms. The summed E-state index contributed by atoms with van der Waals surface area (Å²) in [7, 11) is 1.31. The molecule has 0 aliphatic carbocycles. The van der Waals surface area contributed by atoms with Crippen LogP contribution < -0.4 is 4.74 Å². The molecule has 0 radical (unpaired) electrons. The Morgan fingerprint density at radius 2 is 1.78 bits per heavy atom. The van der Waals surface area contributed by atoms with E-state index in [-0.39, 0.29) is 5.78 Å². The quantitative estimate of drug-likeness (QED) is 0.632. The zero-order chi connectivity index (χ0) is 17.1. The highest BCUT2D eigenvalue weighted by atomic mass is 79.9. The predicted molar refractivity (Wildman–Crippen MR) is 90.2 cm³/mol. The lowest BCUT2D eigenvalue weighted by molar-refractivity contribution is 0.0599. The zero-order valence-electron chi connectivity index (χ0n) is 13.4. The van der Waals surface area contributed by atoms with Crippen LogP contribution in [0.15, 0.2) is 28.7 Å². The highest BCUT2D eigenvalue weighted by Gasteiger charge is 2.26. The summed E-state index contributed by atoms with van der Waals surface area (Å²) in [5.41, 5.74) is 1.94. The summed E-state index contributed by atoms with van der Waals surface area (Å²) in [5, 5.41) is 0. The highest BCUT2D eigenvalue weighted by Crippen LogP contribution is 2.22. The van der Waals surface area contributed by atoms with Gasteiger partial charge in [0.25, 0.3) is 0 Å². The number of hydrogen-bond donors (Lipinski definition) is 1. The number of nitrogens with one attached hydrogen (secondary N) is 1. The van der Waals surface area contributed by atoms with Crippen LogP contribution in [0.25, 0.3) is 0 Å². The second-order valence-electron chi connectivity index (χ2n) is 5.19. The van der Waals surface area contributed by atoms with Crippen LogP contribution in [0.3, 0.4) is 0 Å². The summed E-state index contributed by atoms with van der Waals surface area (Å²) in [5.74, 6) is -0.0800. The zero-order valence-corrected chi connectivity index (χ0v) is 15.0. The van der Waals surface area contributed by atoms with E-state index in [2.05, 4.69) is 20.9 Å². The number of methoxy groups -OCH3 is 1. The number of carbonyl (C=O) groups is 2. The van der Waals surface area contributed by atoms with E-state index in [9.17, 15) is 9.59 Å². The molecule has 2 aromatic rings. The molecule has 6 heteroatoms. The van der Waals surface area contributed by atoms with Crippen LogP contribution in [-0.2, 0) is 4.74 Å². The van der Waals surface area contributed by atoms with Crippen molar-refractivity contribution in [1.29, 1.82) is 0 Å². The van der Waals surface area contributed by atoms with Crippen LogP contribution in [-0.4, -0.2) is 30.0 Å². The molecule has 23 heavy (non-hydrogen) atoms. The molecule has 122 valence electrons. The van der Waals surface area contributed by atoms with Crippen molar-refractivity contribution in [2.75, 3.05) is 7.11 Å². The summed E-state index contributed by atoms with van der Waals surface area (Å²) in [6.45, 7) is 5.13. The van der Waals surface area contributed by atoms with Crippen LogP contribution >= 0.6 is 15.9 Å². The molecule has 5 nitrogen and oxygen atoms in total. The second kappa shape index (κ2) is 7.00. The van der Waals surface area contributed by atoms with Gasteiger partial charge >= 0.3 is 5.97 Å². The Bertz CT molecular complexity index is 734. The predicted octanol–water partition coefficient (Wildman–Crippen LogP) is 3.83. The molecule has 2 rings (SSSR count). The van der Waals surface area contributed by atoms with Gasteiger partial charge in [-0.3, -0.25) is 4.79 Å². The van der Waals surface area contributed by atoms with Crippen molar-refractivity contribution in [3.63, 3.8) is 0 Å². The number of rotatable bonds is 5. The number of Topliss-reactive ketones (excluding diaryl/α,β-unsaturated/α-hetero) is 1. The number of H-pyrrole nitrogens is 1. The number of aryl methyl sites for hydroxylation is 1. The Hall–Kier alpha value is -2.08. The van der Waals surface area contributed by atoms with Gasteiger partial charge < -0.3 is 14.5 Å². The normalized spacial score (nSPS) is 11.9. The van der Waals surface area contributed by atoms with E-state index in [0.29, 0.717) is 28.3 Å². The molecule has 0 saturated carbocycles. The van der Waals surface area contributed by atoms with E-state index < -0.39 is 12.1 Å². The van der Waals surface area contributed by atoms with Crippen molar-refractivity contribution in [2.45, 2.75) is 26.9 Å². The minimum atomic E-state index is -0.682. The topological polar surface area (TPSA) is 68.4 Å². The average molecular weight is 380 g/mol. The Balaban J connectivity index is 2.23. The second-order valence-corrected chi connectivity index (χ2v) is 6.11. The maximum atomic E-state index is 12.6. The Morgan fingerprint density at radius 3 is 2.35 bits per heavy atom. The molecule has 0 unspecified atom stereocenters. The molecular formula is C17H18BrNO4. The molecule has 1 N–H and O–H groups in total. The van der Waals surface area contributed by atoms with Gasteiger partial charge in [-0.05, 0) is 50.6 Å². The lowest BCUT2D eigenvalue weighted by Crippen LogP contribution is -2.25. The lowest BCUT2D eigenvalue weighted by atomic mass is 10.1. The molecule has 0 fully saturated rings. The smallest absolute Gasteiger partial charge is 0.339 e. The van der Waals surface area contributed by atoms with Gasteiger partial charge in [0.15, 0.2) is 6.10 Å². The minimum absolute atomic E-state index is 0.219. The van der Waals surface area contributed by atoms with Crippen molar-refractivity contribution in [2.24, 2.45) is 0 Å². The van der Waals surface area contributed by atoms with Crippen molar-refractivity contribution in [1.82, 2.24) is 4.98 Å². The lowest BCUT2D eigenvalue weighted by Gasteiger charge is -2.13. The van der Waals surface area contributed by atoms with Gasteiger partial charge in [-0.1, -0.05) is 15.9 Å². The Kier molecular flexibility index (Phi) is 5.26. The van der Waals surface area contributed by atoms with Gasteiger partial charge in [0, 0.05) is 10.2 Å². The third-order valence-electron chi connectivity index (χ3n) is 3.57. The Labute approximate surface area is 143 Å². The molecule has 0 aliphatic heterocycles. The number of carbonyl (C=O) groups excluding carboxylic acids is 2. The van der Waals surface area contributed by atoms with E-state index in [1.54, 1.807) is 32.9 Å². The summed E-state index contributed by atoms with van der Waals surface area (Å²) < 4.78 is 11.4. The minimum Gasteiger partial charge on any atom is -0.483 e. The van der Waals surface area contributed by atoms with E-state index in [1.165, 1.54) is 7.11 Å². The van der Waals surface area contributed by atoms with Gasteiger partial charge in [-0.2, -0.15) is 0 Å². The molecule has 0 amide bonds. The molecule has 1 heterocycles. The maximum absolute atomic E-state index is 12.6.